The zero-order chi connectivity index (χ0) is 15.1. The fourth-order valence-electron chi connectivity index (χ4n) is 1.50. The summed E-state index contributed by atoms with van der Waals surface area (Å²) in [5.41, 5.74) is 0.334. The number of carbonyl (C=O) groups is 2. The second-order valence-corrected chi connectivity index (χ2v) is 5.35. The third-order valence-corrected chi connectivity index (χ3v) is 3.33. The maximum absolute atomic E-state index is 13.0. The number of hydrogen-bond acceptors (Lipinski definition) is 2. The van der Waals surface area contributed by atoms with Crippen molar-refractivity contribution in [3.05, 3.63) is 28.5 Å². The lowest BCUT2D eigenvalue weighted by molar-refractivity contribution is -0.137. The molecule has 0 radical (unpaired) electrons. The maximum atomic E-state index is 13.0. The van der Waals surface area contributed by atoms with Gasteiger partial charge in [-0.3, -0.25) is 4.79 Å². The third-order valence-electron chi connectivity index (χ3n) is 2.64. The van der Waals surface area contributed by atoms with Gasteiger partial charge in [-0.2, -0.15) is 0 Å². The zero-order valence-corrected chi connectivity index (χ0v) is 12.5. The number of carboxylic acid groups (broad SMARTS) is 1. The van der Waals surface area contributed by atoms with Crippen molar-refractivity contribution in [1.29, 1.82) is 0 Å². The molecule has 0 heterocycles. The molecule has 0 aliphatic carbocycles. The van der Waals surface area contributed by atoms with Crippen LogP contribution in [0.2, 0.25) is 0 Å². The number of carbonyl (C=O) groups excluding carboxylic acids is 1. The second kappa shape index (κ2) is 7.84. The summed E-state index contributed by atoms with van der Waals surface area (Å²) in [6, 6.07) is 3.53. The fraction of sp³-hybridized carbons (Fsp3) is 0.385. The van der Waals surface area contributed by atoms with Crippen LogP contribution in [-0.4, -0.2) is 23.7 Å². The van der Waals surface area contributed by atoms with Crippen LogP contribution in [0.4, 0.5) is 14.9 Å². The van der Waals surface area contributed by atoms with Crippen LogP contribution < -0.4 is 10.6 Å². The number of nitrogens with one attached hydrogen (secondary N) is 2. The van der Waals surface area contributed by atoms with E-state index in [1.807, 2.05) is 6.92 Å². The first kappa shape index (κ1) is 16.4. The molecule has 0 aliphatic heterocycles. The molecule has 0 fully saturated rings. The Morgan fingerprint density at radius 2 is 2.15 bits per heavy atom. The molecule has 3 N–H and O–H groups in total. The van der Waals surface area contributed by atoms with Crippen molar-refractivity contribution in [3.63, 3.8) is 0 Å². The van der Waals surface area contributed by atoms with Crippen molar-refractivity contribution >= 4 is 33.6 Å². The Labute approximate surface area is 124 Å². The van der Waals surface area contributed by atoms with E-state index in [-0.39, 0.29) is 12.3 Å². The predicted octanol–water partition coefficient (Wildman–Crippen LogP) is 3.21. The smallest absolute Gasteiger partial charge is 0.319 e. The fourth-order valence-corrected chi connectivity index (χ4v) is 1.84. The van der Waals surface area contributed by atoms with E-state index in [0.29, 0.717) is 23.1 Å². The van der Waals surface area contributed by atoms with Gasteiger partial charge < -0.3 is 15.7 Å². The van der Waals surface area contributed by atoms with E-state index in [0.717, 1.165) is 0 Å². The summed E-state index contributed by atoms with van der Waals surface area (Å²) in [7, 11) is 0. The molecule has 110 valence electrons. The largest absolute Gasteiger partial charge is 0.481 e. The van der Waals surface area contributed by atoms with E-state index < -0.39 is 17.8 Å². The summed E-state index contributed by atoms with van der Waals surface area (Å²) in [5.74, 6) is -1.25. The molecule has 7 heteroatoms. The number of aliphatic carboxylic acids is 1. The van der Waals surface area contributed by atoms with Gasteiger partial charge in [0.25, 0.3) is 0 Å². The van der Waals surface area contributed by atoms with Crippen LogP contribution in [0.3, 0.4) is 0 Å². The Balaban J connectivity index is 2.40. The highest BCUT2D eigenvalue weighted by Gasteiger charge is 2.09. The first-order chi connectivity index (χ1) is 9.38. The van der Waals surface area contributed by atoms with Crippen LogP contribution in [0.1, 0.15) is 19.8 Å². The number of anilines is 1. The lowest BCUT2D eigenvalue weighted by atomic mass is 10.1. The van der Waals surface area contributed by atoms with Crippen LogP contribution in [0, 0.1) is 11.7 Å². The topological polar surface area (TPSA) is 78.4 Å². The molecule has 20 heavy (non-hydrogen) atoms. The number of carboxylic acids is 1. The molecule has 0 saturated heterocycles. The molecule has 1 aromatic rings. The lowest BCUT2D eigenvalue weighted by Crippen LogP contribution is -2.32. The number of rotatable bonds is 6. The molecule has 0 aliphatic rings. The summed E-state index contributed by atoms with van der Waals surface area (Å²) in [5, 5.41) is 13.7. The summed E-state index contributed by atoms with van der Waals surface area (Å²) < 4.78 is 13.6. The first-order valence-corrected chi connectivity index (χ1v) is 6.89. The predicted molar refractivity (Wildman–Crippen MR) is 77.2 cm³/mol. The van der Waals surface area contributed by atoms with Crippen LogP contribution in [-0.2, 0) is 4.79 Å². The van der Waals surface area contributed by atoms with Crippen molar-refractivity contribution in [3.8, 4) is 0 Å². The minimum absolute atomic E-state index is 0.0489. The van der Waals surface area contributed by atoms with Gasteiger partial charge in [-0.15, -0.1) is 0 Å². The Morgan fingerprint density at radius 3 is 2.80 bits per heavy atom. The first-order valence-electron chi connectivity index (χ1n) is 6.10. The van der Waals surface area contributed by atoms with Crippen molar-refractivity contribution in [2.75, 3.05) is 11.9 Å². The number of halogens is 2. The maximum Gasteiger partial charge on any atom is 0.319 e. The number of amides is 2. The van der Waals surface area contributed by atoms with E-state index in [9.17, 15) is 14.0 Å². The molecule has 0 spiro atoms. The molecule has 1 rings (SSSR count). The second-order valence-electron chi connectivity index (χ2n) is 4.50. The van der Waals surface area contributed by atoms with Gasteiger partial charge in [-0.05, 0) is 46.5 Å². The highest BCUT2D eigenvalue weighted by Crippen LogP contribution is 2.22. The van der Waals surface area contributed by atoms with Gasteiger partial charge in [0.2, 0.25) is 0 Å². The monoisotopic (exact) mass is 346 g/mol. The Bertz CT molecular complexity index is 497. The summed E-state index contributed by atoms with van der Waals surface area (Å²) in [6.07, 6.45) is 0.555. The van der Waals surface area contributed by atoms with Crippen molar-refractivity contribution in [2.24, 2.45) is 5.92 Å². The van der Waals surface area contributed by atoms with Crippen LogP contribution in [0.15, 0.2) is 22.7 Å². The van der Waals surface area contributed by atoms with Gasteiger partial charge in [-0.1, -0.05) is 6.92 Å². The van der Waals surface area contributed by atoms with Crippen molar-refractivity contribution in [1.82, 2.24) is 5.32 Å². The molecular weight excluding hydrogens is 331 g/mol. The van der Waals surface area contributed by atoms with Gasteiger partial charge in [-0.25, -0.2) is 9.18 Å². The molecular formula is C13H16BrFN2O3. The number of urea groups is 1. The minimum Gasteiger partial charge on any atom is -0.481 e. The van der Waals surface area contributed by atoms with Crippen LogP contribution in [0.5, 0.6) is 0 Å². The molecule has 0 bridgehead atoms. The van der Waals surface area contributed by atoms with E-state index in [1.54, 1.807) is 0 Å². The molecule has 0 saturated carbocycles. The standard InChI is InChI=1S/C13H16BrFN2O3/c1-8(2-5-12(18)19)7-16-13(20)17-11-6-9(15)3-4-10(11)14/h3-4,6,8H,2,5,7H2,1H3,(H,18,19)(H2,16,17,20). The number of hydrogen-bond donors (Lipinski definition) is 3. The molecule has 1 unspecified atom stereocenters. The zero-order valence-electron chi connectivity index (χ0n) is 11.0. The normalized spacial score (nSPS) is 11.8. The molecule has 1 aromatic carbocycles. The summed E-state index contributed by atoms with van der Waals surface area (Å²) >= 11 is 3.21. The highest BCUT2D eigenvalue weighted by molar-refractivity contribution is 9.10. The summed E-state index contributed by atoms with van der Waals surface area (Å²) in [6.45, 7) is 2.20. The quantitative estimate of drug-likeness (QED) is 0.739. The van der Waals surface area contributed by atoms with Crippen molar-refractivity contribution in [2.45, 2.75) is 19.8 Å². The molecule has 0 aromatic heterocycles. The van der Waals surface area contributed by atoms with Gasteiger partial charge in [0, 0.05) is 17.4 Å². The average molecular weight is 347 g/mol. The highest BCUT2D eigenvalue weighted by atomic mass is 79.9. The Hall–Kier alpha value is -1.63. The van der Waals surface area contributed by atoms with E-state index in [4.69, 9.17) is 5.11 Å². The van der Waals surface area contributed by atoms with Gasteiger partial charge >= 0.3 is 12.0 Å². The van der Waals surface area contributed by atoms with E-state index in [2.05, 4.69) is 26.6 Å². The summed E-state index contributed by atoms with van der Waals surface area (Å²) in [4.78, 5) is 22.0. The molecule has 5 nitrogen and oxygen atoms in total. The van der Waals surface area contributed by atoms with Crippen LogP contribution in [0.25, 0.3) is 0 Å². The molecule has 1 atom stereocenters. The SMILES string of the molecule is CC(CCC(=O)O)CNC(=O)Nc1cc(F)ccc1Br. The molecule has 2 amide bonds. The lowest BCUT2D eigenvalue weighted by Gasteiger charge is -2.13. The Morgan fingerprint density at radius 1 is 1.45 bits per heavy atom. The van der Waals surface area contributed by atoms with E-state index >= 15 is 0 Å². The van der Waals surface area contributed by atoms with Crippen LogP contribution >= 0.6 is 15.9 Å². The van der Waals surface area contributed by atoms with Gasteiger partial charge in [0.05, 0.1) is 5.69 Å². The minimum atomic E-state index is -0.856. The van der Waals surface area contributed by atoms with E-state index in [1.165, 1.54) is 18.2 Å². The third kappa shape index (κ3) is 6.01. The van der Waals surface area contributed by atoms with Crippen molar-refractivity contribution < 1.29 is 19.1 Å². The number of benzene rings is 1. The van der Waals surface area contributed by atoms with Gasteiger partial charge in [0.1, 0.15) is 5.82 Å². The average Bonchev–Trinajstić information content (AvgIpc) is 2.38. The Kier molecular flexibility index (Phi) is 6.44. The van der Waals surface area contributed by atoms with Gasteiger partial charge in [0.15, 0.2) is 0 Å².